The number of esters is 1. The smallest absolute Gasteiger partial charge is 0.379 e. The number of Topliss-reactive ketones (excluding diaryl/α,β-unsaturated/α-hetero) is 1. The maximum atomic E-state index is 12.0. The Hall–Kier alpha value is -3.06. The number of ether oxygens (including phenoxy) is 1. The van der Waals surface area contributed by atoms with Gasteiger partial charge in [0.25, 0.3) is 5.78 Å². The van der Waals surface area contributed by atoms with E-state index in [0.29, 0.717) is 11.4 Å². The minimum Gasteiger partial charge on any atom is -0.460 e. The molecule has 2 heterocycles. The van der Waals surface area contributed by atoms with E-state index < -0.39 is 11.8 Å². The monoisotopic (exact) mass is 409 g/mol. The van der Waals surface area contributed by atoms with Crippen LogP contribution in [-0.2, 0) is 22.4 Å². The van der Waals surface area contributed by atoms with E-state index in [-0.39, 0.29) is 6.61 Å². The van der Waals surface area contributed by atoms with Gasteiger partial charge in [0.15, 0.2) is 5.82 Å². The fourth-order valence-corrected chi connectivity index (χ4v) is 3.61. The zero-order chi connectivity index (χ0) is 20.8. The van der Waals surface area contributed by atoms with Gasteiger partial charge < -0.3 is 10.1 Å². The molecule has 0 saturated carbocycles. The Morgan fingerprint density at radius 3 is 2.38 bits per heavy atom. The molecule has 3 aromatic rings. The number of anilines is 2. The van der Waals surface area contributed by atoms with Crippen LogP contribution < -0.4 is 5.32 Å². The number of rotatable bonds is 8. The van der Waals surface area contributed by atoms with Crippen molar-refractivity contribution < 1.29 is 14.3 Å². The Labute approximate surface area is 174 Å². The summed E-state index contributed by atoms with van der Waals surface area (Å²) in [6.45, 7) is 6.00. The molecule has 0 aliphatic carbocycles. The highest BCUT2D eigenvalue weighted by atomic mass is 32.1. The van der Waals surface area contributed by atoms with Crippen LogP contribution in [0, 0.1) is 0 Å². The van der Waals surface area contributed by atoms with Crippen LogP contribution in [0.25, 0.3) is 11.4 Å². The largest absolute Gasteiger partial charge is 0.460 e. The summed E-state index contributed by atoms with van der Waals surface area (Å²) < 4.78 is 4.77. The average molecular weight is 410 g/mol. The van der Waals surface area contributed by atoms with Gasteiger partial charge in [-0.3, -0.25) is 4.79 Å². The molecule has 3 rings (SSSR count). The Bertz CT molecular complexity index is 999. The van der Waals surface area contributed by atoms with Crippen LogP contribution in [0.15, 0.2) is 41.1 Å². The van der Waals surface area contributed by atoms with Crippen LogP contribution in [0.4, 0.5) is 11.5 Å². The van der Waals surface area contributed by atoms with Crippen molar-refractivity contribution in [3.8, 4) is 11.4 Å². The molecule has 29 heavy (non-hydrogen) atoms. The van der Waals surface area contributed by atoms with Gasteiger partial charge in [0.2, 0.25) is 0 Å². The first kappa shape index (κ1) is 20.7. The molecule has 0 aliphatic heterocycles. The number of nitrogens with zero attached hydrogens (tertiary/aromatic N) is 2. The SMILES string of the molecule is CCOC(=O)C(=O)c1ccc(Nc2nc(-c3ccsc3)nc(CC)c2CC)cc1. The highest BCUT2D eigenvalue weighted by molar-refractivity contribution is 7.08. The van der Waals surface area contributed by atoms with Crippen LogP contribution >= 0.6 is 11.3 Å². The topological polar surface area (TPSA) is 81.2 Å². The second-order valence-electron chi connectivity index (χ2n) is 6.29. The first-order valence-electron chi connectivity index (χ1n) is 9.58. The third-order valence-corrected chi connectivity index (χ3v) is 5.11. The maximum Gasteiger partial charge on any atom is 0.379 e. The molecule has 0 atom stereocenters. The van der Waals surface area contributed by atoms with E-state index >= 15 is 0 Å². The van der Waals surface area contributed by atoms with E-state index in [2.05, 4.69) is 19.2 Å². The molecule has 0 radical (unpaired) electrons. The lowest BCUT2D eigenvalue weighted by atomic mass is 10.1. The Kier molecular flexibility index (Phi) is 6.72. The Morgan fingerprint density at radius 1 is 1.03 bits per heavy atom. The Morgan fingerprint density at radius 2 is 1.79 bits per heavy atom. The van der Waals surface area contributed by atoms with Crippen molar-refractivity contribution in [1.29, 1.82) is 0 Å². The van der Waals surface area contributed by atoms with E-state index in [1.165, 1.54) is 0 Å². The number of carbonyl (C=O) groups excluding carboxylic acids is 2. The first-order chi connectivity index (χ1) is 14.1. The number of nitrogens with one attached hydrogen (secondary N) is 1. The van der Waals surface area contributed by atoms with Crippen molar-refractivity contribution in [2.24, 2.45) is 0 Å². The lowest BCUT2D eigenvalue weighted by Gasteiger charge is -2.15. The van der Waals surface area contributed by atoms with Gasteiger partial charge in [-0.1, -0.05) is 13.8 Å². The van der Waals surface area contributed by atoms with E-state index in [4.69, 9.17) is 14.7 Å². The van der Waals surface area contributed by atoms with Gasteiger partial charge in [-0.2, -0.15) is 11.3 Å². The first-order valence-corrected chi connectivity index (χ1v) is 10.5. The molecule has 150 valence electrons. The normalized spacial score (nSPS) is 10.6. The van der Waals surface area contributed by atoms with Crippen LogP contribution in [-0.4, -0.2) is 28.3 Å². The summed E-state index contributed by atoms with van der Waals surface area (Å²) >= 11 is 1.61. The van der Waals surface area contributed by atoms with Crippen LogP contribution in [0.3, 0.4) is 0 Å². The predicted octanol–water partition coefficient (Wildman–Crippen LogP) is 4.82. The summed E-state index contributed by atoms with van der Waals surface area (Å²) in [5.41, 5.74) is 4.14. The lowest BCUT2D eigenvalue weighted by molar-refractivity contribution is -0.137. The minimum atomic E-state index is -0.842. The van der Waals surface area contributed by atoms with Gasteiger partial charge in [-0.05, 0) is 55.5 Å². The average Bonchev–Trinajstić information content (AvgIpc) is 3.28. The van der Waals surface area contributed by atoms with E-state index in [9.17, 15) is 9.59 Å². The van der Waals surface area contributed by atoms with Crippen LogP contribution in [0.5, 0.6) is 0 Å². The van der Waals surface area contributed by atoms with Crippen molar-refractivity contribution >= 4 is 34.6 Å². The van der Waals surface area contributed by atoms with Crippen LogP contribution in [0.2, 0.25) is 0 Å². The highest BCUT2D eigenvalue weighted by Crippen LogP contribution is 2.27. The number of hydrogen-bond donors (Lipinski definition) is 1. The predicted molar refractivity (Wildman–Crippen MR) is 115 cm³/mol. The summed E-state index contributed by atoms with van der Waals surface area (Å²) in [6, 6.07) is 8.72. The van der Waals surface area contributed by atoms with Crippen molar-refractivity contribution in [2.75, 3.05) is 11.9 Å². The van der Waals surface area contributed by atoms with E-state index in [1.807, 2.05) is 16.8 Å². The summed E-state index contributed by atoms with van der Waals surface area (Å²) in [5, 5.41) is 7.38. The van der Waals surface area contributed by atoms with Crippen molar-refractivity contribution in [2.45, 2.75) is 33.6 Å². The van der Waals surface area contributed by atoms with Gasteiger partial charge in [0, 0.05) is 33.5 Å². The number of benzene rings is 1. The summed E-state index contributed by atoms with van der Waals surface area (Å²) in [5.74, 6) is -0.0464. The van der Waals surface area contributed by atoms with Crippen molar-refractivity contribution in [1.82, 2.24) is 9.97 Å². The van der Waals surface area contributed by atoms with E-state index in [1.54, 1.807) is 42.5 Å². The molecule has 2 aromatic heterocycles. The molecular weight excluding hydrogens is 386 g/mol. The molecular formula is C22H23N3O3S. The maximum absolute atomic E-state index is 12.0. The van der Waals surface area contributed by atoms with Gasteiger partial charge in [0.1, 0.15) is 5.82 Å². The molecule has 0 unspecified atom stereocenters. The number of hydrogen-bond acceptors (Lipinski definition) is 7. The molecule has 0 fully saturated rings. The molecule has 0 bridgehead atoms. The number of aromatic nitrogens is 2. The number of aryl methyl sites for hydroxylation is 1. The Balaban J connectivity index is 1.90. The fourth-order valence-electron chi connectivity index (χ4n) is 2.97. The van der Waals surface area contributed by atoms with Gasteiger partial charge >= 0.3 is 5.97 Å². The number of thiophene rings is 1. The molecule has 6 nitrogen and oxygen atoms in total. The minimum absolute atomic E-state index is 0.171. The zero-order valence-corrected chi connectivity index (χ0v) is 17.5. The second-order valence-corrected chi connectivity index (χ2v) is 7.07. The molecule has 7 heteroatoms. The third kappa shape index (κ3) is 4.68. The standard InChI is InChI=1S/C22H23N3O3S/c1-4-17-18(5-2)24-20(15-11-12-29-13-15)25-21(17)23-16-9-7-14(8-10-16)19(26)22(27)28-6-3/h7-13H,4-6H2,1-3H3,(H,23,24,25). The van der Waals surface area contributed by atoms with E-state index in [0.717, 1.165) is 41.2 Å². The molecule has 0 spiro atoms. The molecule has 0 aliphatic rings. The van der Waals surface area contributed by atoms with Gasteiger partial charge in [-0.25, -0.2) is 14.8 Å². The summed E-state index contributed by atoms with van der Waals surface area (Å²) in [6.07, 6.45) is 1.61. The second kappa shape index (κ2) is 9.43. The molecule has 1 N–H and O–H groups in total. The van der Waals surface area contributed by atoms with Crippen molar-refractivity contribution in [3.63, 3.8) is 0 Å². The highest BCUT2D eigenvalue weighted by Gasteiger charge is 2.18. The fraction of sp³-hybridized carbons (Fsp3) is 0.273. The number of carbonyl (C=O) groups is 2. The molecule has 1 aromatic carbocycles. The molecule has 0 amide bonds. The summed E-state index contributed by atoms with van der Waals surface area (Å²) in [4.78, 5) is 33.2. The van der Waals surface area contributed by atoms with Gasteiger partial charge in [-0.15, -0.1) is 0 Å². The van der Waals surface area contributed by atoms with Gasteiger partial charge in [0.05, 0.1) is 6.61 Å². The summed E-state index contributed by atoms with van der Waals surface area (Å²) in [7, 11) is 0. The quantitative estimate of drug-likeness (QED) is 0.326. The van der Waals surface area contributed by atoms with Crippen LogP contribution in [0.1, 0.15) is 42.4 Å². The zero-order valence-electron chi connectivity index (χ0n) is 16.7. The lowest BCUT2D eigenvalue weighted by Crippen LogP contribution is -2.17. The third-order valence-electron chi connectivity index (χ3n) is 4.43. The molecule has 0 saturated heterocycles. The van der Waals surface area contributed by atoms with Crippen molar-refractivity contribution in [3.05, 3.63) is 57.9 Å². The number of ketones is 1.